The Hall–Kier alpha value is -3.02. The van der Waals surface area contributed by atoms with Crippen molar-refractivity contribution >= 4 is 11.6 Å². The number of H-pyrrole nitrogens is 1. The van der Waals surface area contributed by atoms with Gasteiger partial charge < -0.3 is 5.32 Å². The molecule has 0 unspecified atom stereocenters. The Morgan fingerprint density at radius 2 is 1.92 bits per heavy atom. The number of benzene rings is 2. The summed E-state index contributed by atoms with van der Waals surface area (Å²) in [7, 11) is 0. The molecular weight excluding hydrogens is 302 g/mol. The number of carbonyl (C=O) groups is 1. The lowest BCUT2D eigenvalue weighted by Gasteiger charge is -2.16. The first kappa shape index (κ1) is 15.9. The molecule has 1 aromatic heterocycles. The second kappa shape index (κ2) is 7.04. The number of amides is 1. The van der Waals surface area contributed by atoms with Crippen LogP contribution in [0.4, 0.5) is 5.69 Å². The van der Waals surface area contributed by atoms with Gasteiger partial charge in [-0.25, -0.2) is 0 Å². The van der Waals surface area contributed by atoms with Crippen LogP contribution in [0.2, 0.25) is 0 Å². The molecule has 24 heavy (non-hydrogen) atoms. The predicted octanol–water partition coefficient (Wildman–Crippen LogP) is 2.78. The van der Waals surface area contributed by atoms with Gasteiger partial charge in [0, 0.05) is 5.69 Å². The summed E-state index contributed by atoms with van der Waals surface area (Å²) in [5.74, 6) is -0.262. The average Bonchev–Trinajstić information content (AvgIpc) is 3.12. The van der Waals surface area contributed by atoms with Crippen molar-refractivity contribution in [3.8, 4) is 0 Å². The predicted molar refractivity (Wildman–Crippen MR) is 91.6 cm³/mol. The first-order valence-electron chi connectivity index (χ1n) is 7.79. The van der Waals surface area contributed by atoms with Crippen molar-refractivity contribution in [3.63, 3.8) is 0 Å². The van der Waals surface area contributed by atoms with E-state index in [1.165, 1.54) is 0 Å². The molecule has 1 atom stereocenters. The number of aromatic nitrogens is 4. The van der Waals surface area contributed by atoms with Crippen molar-refractivity contribution in [2.45, 2.75) is 26.2 Å². The number of carbonyl (C=O) groups excluding carboxylic acids is 1. The lowest BCUT2D eigenvalue weighted by Crippen LogP contribution is -2.24. The molecule has 6 nitrogen and oxygen atoms in total. The van der Waals surface area contributed by atoms with E-state index in [-0.39, 0.29) is 5.91 Å². The van der Waals surface area contributed by atoms with E-state index in [1.54, 1.807) is 0 Å². The van der Waals surface area contributed by atoms with Crippen LogP contribution in [0, 0.1) is 13.8 Å². The number of tetrazole rings is 1. The normalized spacial score (nSPS) is 11.9. The van der Waals surface area contributed by atoms with E-state index in [2.05, 4.69) is 25.9 Å². The molecule has 0 saturated carbocycles. The second-order valence-electron chi connectivity index (χ2n) is 5.75. The first-order valence-corrected chi connectivity index (χ1v) is 7.79. The van der Waals surface area contributed by atoms with Gasteiger partial charge in [0.15, 0.2) is 5.82 Å². The van der Waals surface area contributed by atoms with Gasteiger partial charge in [0.2, 0.25) is 5.91 Å². The van der Waals surface area contributed by atoms with Crippen molar-refractivity contribution in [3.05, 3.63) is 71.0 Å². The molecule has 1 amide bonds. The molecule has 0 fully saturated rings. The Labute approximate surface area is 140 Å². The molecule has 0 saturated heterocycles. The van der Waals surface area contributed by atoms with Gasteiger partial charge in [0.1, 0.15) is 5.92 Å². The maximum Gasteiger partial charge on any atom is 0.235 e. The third-order valence-corrected chi connectivity index (χ3v) is 4.14. The monoisotopic (exact) mass is 321 g/mol. The fourth-order valence-electron chi connectivity index (χ4n) is 2.57. The maximum atomic E-state index is 12.8. The average molecular weight is 321 g/mol. The van der Waals surface area contributed by atoms with Crippen LogP contribution in [-0.4, -0.2) is 26.5 Å². The molecular formula is C18H19N5O. The molecule has 122 valence electrons. The van der Waals surface area contributed by atoms with Crippen LogP contribution in [0.5, 0.6) is 0 Å². The summed E-state index contributed by atoms with van der Waals surface area (Å²) in [6, 6.07) is 15.7. The summed E-state index contributed by atoms with van der Waals surface area (Å²) >= 11 is 0. The van der Waals surface area contributed by atoms with Gasteiger partial charge in [0.05, 0.1) is 0 Å². The SMILES string of the molecule is Cc1cccc(NC(=O)[C@@H](Cc2ccccc2)c2nn[nH]n2)c1C. The summed E-state index contributed by atoms with van der Waals surface area (Å²) in [6.45, 7) is 4.01. The Kier molecular flexibility index (Phi) is 4.65. The fraction of sp³-hybridized carbons (Fsp3) is 0.222. The minimum Gasteiger partial charge on any atom is -0.325 e. The molecule has 2 aromatic carbocycles. The zero-order valence-corrected chi connectivity index (χ0v) is 13.7. The van der Waals surface area contributed by atoms with Crippen LogP contribution < -0.4 is 5.32 Å². The van der Waals surface area contributed by atoms with Crippen molar-refractivity contribution < 1.29 is 4.79 Å². The number of hydrogen-bond acceptors (Lipinski definition) is 4. The molecule has 2 N–H and O–H groups in total. The summed E-state index contributed by atoms with van der Waals surface area (Å²) < 4.78 is 0. The largest absolute Gasteiger partial charge is 0.325 e. The molecule has 0 spiro atoms. The number of nitrogens with zero attached hydrogens (tertiary/aromatic N) is 3. The summed E-state index contributed by atoms with van der Waals surface area (Å²) in [5.41, 5.74) is 4.04. The number of aromatic amines is 1. The van der Waals surface area contributed by atoms with Gasteiger partial charge in [-0.15, -0.1) is 10.2 Å². The van der Waals surface area contributed by atoms with Crippen molar-refractivity contribution in [2.24, 2.45) is 0 Å². The van der Waals surface area contributed by atoms with E-state index >= 15 is 0 Å². The van der Waals surface area contributed by atoms with Crippen LogP contribution in [0.25, 0.3) is 0 Å². The molecule has 0 aliphatic rings. The highest BCUT2D eigenvalue weighted by Gasteiger charge is 2.25. The molecule has 0 aliphatic carbocycles. The summed E-state index contributed by atoms with van der Waals surface area (Å²) in [6.07, 6.45) is 0.511. The molecule has 3 rings (SSSR count). The Balaban J connectivity index is 1.85. The summed E-state index contributed by atoms with van der Waals surface area (Å²) in [4.78, 5) is 12.8. The number of hydrogen-bond donors (Lipinski definition) is 2. The van der Waals surface area contributed by atoms with E-state index in [0.29, 0.717) is 12.2 Å². The minimum absolute atomic E-state index is 0.144. The van der Waals surface area contributed by atoms with Crippen LogP contribution in [0.1, 0.15) is 28.4 Å². The standard InChI is InChI=1S/C18H19N5O/c1-12-7-6-10-16(13(12)2)19-18(24)15(17-20-22-23-21-17)11-14-8-4-3-5-9-14/h3-10,15H,11H2,1-2H3,(H,19,24)(H,20,21,22,23)/t15-/m0/s1. The summed E-state index contributed by atoms with van der Waals surface area (Å²) in [5, 5.41) is 17.0. The van der Waals surface area contributed by atoms with Gasteiger partial charge >= 0.3 is 0 Å². The lowest BCUT2D eigenvalue weighted by molar-refractivity contribution is -0.117. The van der Waals surface area contributed by atoms with Crippen LogP contribution in [0.15, 0.2) is 48.5 Å². The molecule has 0 bridgehead atoms. The first-order chi connectivity index (χ1) is 11.6. The quantitative estimate of drug-likeness (QED) is 0.757. The lowest BCUT2D eigenvalue weighted by atomic mass is 9.97. The number of aryl methyl sites for hydroxylation is 1. The molecule has 1 heterocycles. The highest BCUT2D eigenvalue weighted by molar-refractivity contribution is 5.96. The molecule has 0 radical (unpaired) electrons. The number of anilines is 1. The number of nitrogens with one attached hydrogen (secondary N) is 2. The Morgan fingerprint density at radius 3 is 2.62 bits per heavy atom. The third kappa shape index (κ3) is 3.48. The third-order valence-electron chi connectivity index (χ3n) is 4.14. The van der Waals surface area contributed by atoms with Gasteiger partial charge in [-0.05, 0) is 43.0 Å². The zero-order valence-electron chi connectivity index (χ0n) is 13.7. The molecule has 6 heteroatoms. The van der Waals surface area contributed by atoms with Crippen LogP contribution >= 0.6 is 0 Å². The minimum atomic E-state index is -0.508. The van der Waals surface area contributed by atoms with E-state index in [4.69, 9.17) is 0 Å². The van der Waals surface area contributed by atoms with Crippen molar-refractivity contribution in [1.82, 2.24) is 20.6 Å². The van der Waals surface area contributed by atoms with E-state index < -0.39 is 5.92 Å². The van der Waals surface area contributed by atoms with Crippen LogP contribution in [-0.2, 0) is 11.2 Å². The van der Waals surface area contributed by atoms with Gasteiger partial charge in [0.25, 0.3) is 0 Å². The zero-order chi connectivity index (χ0) is 16.9. The van der Waals surface area contributed by atoms with Crippen LogP contribution in [0.3, 0.4) is 0 Å². The van der Waals surface area contributed by atoms with E-state index in [9.17, 15) is 4.79 Å². The highest BCUT2D eigenvalue weighted by Crippen LogP contribution is 2.23. The number of rotatable bonds is 5. The topological polar surface area (TPSA) is 83.6 Å². The van der Waals surface area contributed by atoms with Crippen molar-refractivity contribution in [2.75, 3.05) is 5.32 Å². The highest BCUT2D eigenvalue weighted by atomic mass is 16.1. The second-order valence-corrected chi connectivity index (χ2v) is 5.75. The van der Waals surface area contributed by atoms with E-state index in [0.717, 1.165) is 22.4 Å². The molecule has 3 aromatic rings. The maximum absolute atomic E-state index is 12.8. The molecule has 0 aliphatic heterocycles. The Morgan fingerprint density at radius 1 is 1.12 bits per heavy atom. The Bertz CT molecular complexity index is 815. The smallest absolute Gasteiger partial charge is 0.235 e. The van der Waals surface area contributed by atoms with Gasteiger partial charge in [-0.2, -0.15) is 5.21 Å². The van der Waals surface area contributed by atoms with Gasteiger partial charge in [-0.1, -0.05) is 47.7 Å². The fourth-order valence-corrected chi connectivity index (χ4v) is 2.57. The van der Waals surface area contributed by atoms with Crippen molar-refractivity contribution in [1.29, 1.82) is 0 Å². The van der Waals surface area contributed by atoms with Gasteiger partial charge in [-0.3, -0.25) is 4.79 Å². The van der Waals surface area contributed by atoms with E-state index in [1.807, 2.05) is 62.4 Å².